The predicted octanol–water partition coefficient (Wildman–Crippen LogP) is -0.0384. The van der Waals surface area contributed by atoms with Crippen LogP contribution in [-0.2, 0) is 9.59 Å². The van der Waals surface area contributed by atoms with Crippen LogP contribution in [-0.4, -0.2) is 33.9 Å². The fraction of sp³-hybridized carbons (Fsp3) is 0.250. The average molecular weight is 295 g/mol. The summed E-state index contributed by atoms with van der Waals surface area (Å²) < 4.78 is 0. The largest absolute Gasteiger partial charge is 0.480 e. The van der Waals surface area contributed by atoms with E-state index < -0.39 is 35.2 Å². The lowest BCUT2D eigenvalue weighted by Gasteiger charge is -2.13. The summed E-state index contributed by atoms with van der Waals surface area (Å²) in [5, 5.41) is 21.7. The minimum absolute atomic E-state index is 0.0417. The number of hydrogen-bond acceptors (Lipinski definition) is 5. The zero-order valence-electron chi connectivity index (χ0n) is 11.0. The topological polar surface area (TPSA) is 153 Å². The molecule has 112 valence electrons. The molecule has 1 atom stereocenters. The summed E-state index contributed by atoms with van der Waals surface area (Å²) in [6, 6.07) is 2.14. The standard InChI is InChI=1S/C12H13N3O6/c1-6-2-3-7(15(20)21)4-8(6)11(17)14-9(12(18)19)5-10(13)16/h2-4,9H,5H2,1H3,(H2,13,16)(H,14,17)(H,18,19)/t9-/m0/s1. The Labute approximate surface area is 118 Å². The third kappa shape index (κ3) is 4.27. The molecule has 0 saturated carbocycles. The Bertz CT molecular complexity index is 613. The number of amides is 2. The first-order valence-corrected chi connectivity index (χ1v) is 5.79. The van der Waals surface area contributed by atoms with Gasteiger partial charge in [0.1, 0.15) is 6.04 Å². The van der Waals surface area contributed by atoms with E-state index in [0.717, 1.165) is 6.07 Å². The van der Waals surface area contributed by atoms with Crippen LogP contribution in [0.5, 0.6) is 0 Å². The van der Waals surface area contributed by atoms with Gasteiger partial charge in [-0.2, -0.15) is 0 Å². The van der Waals surface area contributed by atoms with Crippen LogP contribution < -0.4 is 11.1 Å². The zero-order valence-corrected chi connectivity index (χ0v) is 11.0. The van der Waals surface area contributed by atoms with E-state index in [0.29, 0.717) is 5.56 Å². The smallest absolute Gasteiger partial charge is 0.326 e. The van der Waals surface area contributed by atoms with Crippen molar-refractivity contribution >= 4 is 23.5 Å². The van der Waals surface area contributed by atoms with Gasteiger partial charge in [0.05, 0.1) is 11.3 Å². The maximum Gasteiger partial charge on any atom is 0.326 e. The number of nitro benzene ring substituents is 1. The van der Waals surface area contributed by atoms with Gasteiger partial charge in [-0.25, -0.2) is 4.79 Å². The number of rotatable bonds is 6. The lowest BCUT2D eigenvalue weighted by Crippen LogP contribution is -2.43. The highest BCUT2D eigenvalue weighted by molar-refractivity contribution is 5.99. The van der Waals surface area contributed by atoms with E-state index in [1.807, 2.05) is 0 Å². The van der Waals surface area contributed by atoms with E-state index in [2.05, 4.69) is 5.32 Å². The zero-order chi connectivity index (χ0) is 16.2. The molecular weight excluding hydrogens is 282 g/mol. The molecule has 0 unspecified atom stereocenters. The molecule has 9 heteroatoms. The Kier molecular flexibility index (Phi) is 4.95. The van der Waals surface area contributed by atoms with E-state index in [4.69, 9.17) is 10.8 Å². The van der Waals surface area contributed by atoms with Gasteiger partial charge < -0.3 is 16.2 Å². The number of nitrogens with zero attached hydrogens (tertiary/aromatic N) is 1. The van der Waals surface area contributed by atoms with Gasteiger partial charge in [0.2, 0.25) is 5.91 Å². The number of non-ortho nitro benzene ring substituents is 1. The summed E-state index contributed by atoms with van der Waals surface area (Å²) in [5.74, 6) is -3.14. The number of primary amides is 1. The van der Waals surface area contributed by atoms with Crippen LogP contribution in [0.2, 0.25) is 0 Å². The normalized spacial score (nSPS) is 11.5. The van der Waals surface area contributed by atoms with Crippen molar-refractivity contribution in [1.29, 1.82) is 0 Å². The van der Waals surface area contributed by atoms with Crippen LogP contribution in [0.1, 0.15) is 22.3 Å². The lowest BCUT2D eigenvalue weighted by molar-refractivity contribution is -0.384. The minimum atomic E-state index is -1.49. The summed E-state index contributed by atoms with van der Waals surface area (Å²) in [6.45, 7) is 1.54. The summed E-state index contributed by atoms with van der Waals surface area (Å²) in [5.41, 5.74) is 4.99. The highest BCUT2D eigenvalue weighted by Gasteiger charge is 2.24. The molecule has 0 fully saturated rings. The van der Waals surface area contributed by atoms with Crippen molar-refractivity contribution in [1.82, 2.24) is 5.32 Å². The molecule has 1 rings (SSSR count). The summed E-state index contributed by atoms with van der Waals surface area (Å²) in [6.07, 6.45) is -0.574. The molecule has 0 aliphatic rings. The number of carbonyl (C=O) groups is 3. The van der Waals surface area contributed by atoms with Crippen molar-refractivity contribution in [3.8, 4) is 0 Å². The first kappa shape index (κ1) is 16.1. The molecule has 1 aromatic rings. The van der Waals surface area contributed by atoms with Gasteiger partial charge in [0, 0.05) is 17.7 Å². The van der Waals surface area contributed by atoms with Crippen molar-refractivity contribution in [2.75, 3.05) is 0 Å². The fourth-order valence-corrected chi connectivity index (χ4v) is 1.61. The quantitative estimate of drug-likeness (QED) is 0.494. The van der Waals surface area contributed by atoms with Crippen LogP contribution in [0.15, 0.2) is 18.2 Å². The molecule has 0 aromatic heterocycles. The van der Waals surface area contributed by atoms with Crippen molar-refractivity contribution in [3.63, 3.8) is 0 Å². The molecule has 9 nitrogen and oxygen atoms in total. The Hall–Kier alpha value is -2.97. The number of nitrogens with two attached hydrogens (primary N) is 1. The molecule has 0 bridgehead atoms. The SMILES string of the molecule is Cc1ccc([N+](=O)[O-])cc1C(=O)N[C@@H](CC(N)=O)C(=O)O. The van der Waals surface area contributed by atoms with Gasteiger partial charge in [-0.3, -0.25) is 19.7 Å². The Morgan fingerprint density at radius 1 is 1.43 bits per heavy atom. The number of aliphatic carboxylic acids is 1. The molecule has 2 amide bonds. The molecule has 0 radical (unpaired) electrons. The van der Waals surface area contributed by atoms with Crippen molar-refractivity contribution in [2.24, 2.45) is 5.73 Å². The van der Waals surface area contributed by atoms with Gasteiger partial charge in [-0.05, 0) is 12.5 Å². The number of carboxylic acid groups (broad SMARTS) is 1. The molecule has 21 heavy (non-hydrogen) atoms. The number of aryl methyl sites for hydroxylation is 1. The summed E-state index contributed by atoms with van der Waals surface area (Å²) in [7, 11) is 0. The summed E-state index contributed by atoms with van der Waals surface area (Å²) in [4.78, 5) is 43.7. The number of nitrogens with one attached hydrogen (secondary N) is 1. The van der Waals surface area contributed by atoms with Gasteiger partial charge >= 0.3 is 5.97 Å². The second-order valence-electron chi connectivity index (χ2n) is 4.29. The van der Waals surface area contributed by atoms with E-state index in [-0.39, 0.29) is 11.3 Å². The first-order valence-electron chi connectivity index (χ1n) is 5.79. The fourth-order valence-electron chi connectivity index (χ4n) is 1.61. The Morgan fingerprint density at radius 3 is 2.52 bits per heavy atom. The van der Waals surface area contributed by atoms with Crippen molar-refractivity contribution < 1.29 is 24.4 Å². The van der Waals surface area contributed by atoms with E-state index in [1.165, 1.54) is 12.1 Å². The number of carbonyl (C=O) groups excluding carboxylic acids is 2. The van der Waals surface area contributed by atoms with Crippen LogP contribution in [0.4, 0.5) is 5.69 Å². The number of hydrogen-bond donors (Lipinski definition) is 3. The van der Waals surface area contributed by atoms with Crippen LogP contribution >= 0.6 is 0 Å². The van der Waals surface area contributed by atoms with Crippen molar-refractivity contribution in [3.05, 3.63) is 39.4 Å². The van der Waals surface area contributed by atoms with E-state index in [1.54, 1.807) is 6.92 Å². The number of benzene rings is 1. The highest BCUT2D eigenvalue weighted by atomic mass is 16.6. The third-order valence-electron chi connectivity index (χ3n) is 2.69. The summed E-state index contributed by atoms with van der Waals surface area (Å²) >= 11 is 0. The van der Waals surface area contributed by atoms with Crippen LogP contribution in [0.3, 0.4) is 0 Å². The monoisotopic (exact) mass is 295 g/mol. The first-order chi connectivity index (χ1) is 9.72. The molecular formula is C12H13N3O6. The highest BCUT2D eigenvalue weighted by Crippen LogP contribution is 2.17. The van der Waals surface area contributed by atoms with E-state index >= 15 is 0 Å². The second kappa shape index (κ2) is 6.46. The molecule has 0 heterocycles. The minimum Gasteiger partial charge on any atom is -0.480 e. The second-order valence-corrected chi connectivity index (χ2v) is 4.29. The van der Waals surface area contributed by atoms with Gasteiger partial charge in [0.25, 0.3) is 11.6 Å². The lowest BCUT2D eigenvalue weighted by atomic mass is 10.1. The molecule has 0 aliphatic heterocycles. The molecule has 0 aliphatic carbocycles. The average Bonchev–Trinajstić information content (AvgIpc) is 2.37. The molecule has 0 saturated heterocycles. The molecule has 4 N–H and O–H groups in total. The van der Waals surface area contributed by atoms with Crippen molar-refractivity contribution in [2.45, 2.75) is 19.4 Å². The van der Waals surface area contributed by atoms with Gasteiger partial charge in [0.15, 0.2) is 0 Å². The van der Waals surface area contributed by atoms with Crippen LogP contribution in [0.25, 0.3) is 0 Å². The number of carboxylic acids is 1. The molecule has 0 spiro atoms. The van der Waals surface area contributed by atoms with Gasteiger partial charge in [-0.15, -0.1) is 0 Å². The Morgan fingerprint density at radius 2 is 2.05 bits per heavy atom. The molecule has 1 aromatic carbocycles. The predicted molar refractivity (Wildman–Crippen MR) is 70.5 cm³/mol. The number of nitro groups is 1. The maximum absolute atomic E-state index is 12.0. The van der Waals surface area contributed by atoms with Crippen LogP contribution in [0, 0.1) is 17.0 Å². The Balaban J connectivity index is 3.02. The maximum atomic E-state index is 12.0. The van der Waals surface area contributed by atoms with Gasteiger partial charge in [-0.1, -0.05) is 6.07 Å². The van der Waals surface area contributed by atoms with E-state index in [9.17, 15) is 24.5 Å². The third-order valence-corrected chi connectivity index (χ3v) is 2.69.